The SMILES string of the molecule is Clc1nc(-c2cccc3c2sc2ccccc23)c2oc3ccccc3c2n1.c1ccc2cc3c(cc2c1)[nH]c1ccc2c4ccccc4c4ccccc4c2c13.c1ccc2cc3c(cc2c1)c1c2c4ccccc4c4ccccc4c2ccc1n3-c1nc(-c2cccc3c2sc2ccccc23)c2oc3ccccc3c2n1. The Morgan fingerprint density at radius 3 is 1.23 bits per heavy atom. The van der Waals surface area contributed by atoms with Crippen molar-refractivity contribution in [2.75, 3.05) is 0 Å². The van der Waals surface area contributed by atoms with E-state index in [2.05, 4.69) is 311 Å². The third-order valence-electron chi connectivity index (χ3n) is 22.8. The molecule has 0 saturated heterocycles. The van der Waals surface area contributed by atoms with Gasteiger partial charge in [0, 0.05) is 106 Å². The highest BCUT2D eigenvalue weighted by Gasteiger charge is 2.27. The molecule has 0 spiro atoms. The number of H-pyrrole nitrogens is 1. The van der Waals surface area contributed by atoms with Gasteiger partial charge in [0.25, 0.3) is 0 Å². The maximum absolute atomic E-state index is 6.68. The molecule has 0 aliphatic carbocycles. The minimum absolute atomic E-state index is 0.224. The lowest BCUT2D eigenvalue weighted by molar-refractivity contribution is 0.666. The summed E-state index contributed by atoms with van der Waals surface area (Å²) in [6, 6.07) is 117. The van der Waals surface area contributed by atoms with Gasteiger partial charge in [-0.05, 0) is 160 Å². The lowest BCUT2D eigenvalue weighted by Gasteiger charge is -2.13. The van der Waals surface area contributed by atoms with Crippen LogP contribution in [0.15, 0.2) is 336 Å². The summed E-state index contributed by atoms with van der Waals surface area (Å²) >= 11 is 9.86. The normalized spacial score (nSPS) is 12.2. The Morgan fingerprint density at radius 2 is 0.685 bits per heavy atom. The van der Waals surface area contributed by atoms with Crippen molar-refractivity contribution in [1.29, 1.82) is 0 Å². The second-order valence-electron chi connectivity index (χ2n) is 28.7. The van der Waals surface area contributed by atoms with Gasteiger partial charge < -0.3 is 13.8 Å². The van der Waals surface area contributed by atoms with E-state index in [9.17, 15) is 0 Å². The van der Waals surface area contributed by atoms with Crippen molar-refractivity contribution in [1.82, 2.24) is 29.5 Å². The fourth-order valence-corrected chi connectivity index (χ4v) is 20.6. The second-order valence-corrected chi connectivity index (χ2v) is 31.2. The van der Waals surface area contributed by atoms with Crippen LogP contribution in [0.3, 0.4) is 0 Å². The molecule has 0 fully saturated rings. The summed E-state index contributed by atoms with van der Waals surface area (Å²) in [5.41, 5.74) is 12.6. The smallest absolute Gasteiger partial charge is 0.236 e. The van der Waals surface area contributed by atoms with Crippen molar-refractivity contribution >= 4 is 249 Å². The number of aromatic amines is 1. The molecule has 0 bridgehead atoms. The Balaban J connectivity index is 0.000000107. The quantitative estimate of drug-likeness (QED) is 0.140. The number of para-hydroxylation sites is 2. The van der Waals surface area contributed by atoms with Gasteiger partial charge in [0.15, 0.2) is 11.2 Å². The molecule has 1 N–H and O–H groups in total. The lowest BCUT2D eigenvalue weighted by atomic mass is 9.91. The zero-order valence-corrected chi connectivity index (χ0v) is 61.3. The molecule has 11 heteroatoms. The van der Waals surface area contributed by atoms with Gasteiger partial charge in [-0.1, -0.05) is 255 Å². The zero-order chi connectivity index (χ0) is 72.7. The highest BCUT2D eigenvalue weighted by molar-refractivity contribution is 7.26. The number of benzene rings is 18. The predicted octanol–water partition coefficient (Wildman–Crippen LogP) is 29.1. The van der Waals surface area contributed by atoms with Gasteiger partial charge in [-0.25, -0.2) is 19.9 Å². The first-order valence-electron chi connectivity index (χ1n) is 37.2. The zero-order valence-electron chi connectivity index (χ0n) is 58.9. The third-order valence-corrected chi connectivity index (χ3v) is 25.4. The number of thiophene rings is 2. The number of rotatable bonds is 3. The van der Waals surface area contributed by atoms with Crippen LogP contribution in [0.1, 0.15) is 0 Å². The van der Waals surface area contributed by atoms with Crippen molar-refractivity contribution in [3.63, 3.8) is 0 Å². The van der Waals surface area contributed by atoms with E-state index in [-0.39, 0.29) is 5.28 Å². The number of nitrogens with zero attached hydrogens (tertiary/aromatic N) is 5. The molecule has 26 aromatic rings. The lowest BCUT2D eigenvalue weighted by Crippen LogP contribution is -2.03. The number of fused-ring (bicyclic) bond motifs is 34. The highest BCUT2D eigenvalue weighted by atomic mass is 35.5. The Bertz CT molecular complexity index is 8460. The Hall–Kier alpha value is -13.9. The molecule has 26 rings (SSSR count). The van der Waals surface area contributed by atoms with Gasteiger partial charge in [0.2, 0.25) is 11.2 Å². The topological polar surface area (TPSA) is 98.6 Å². The Labute approximate surface area is 643 Å². The maximum Gasteiger partial charge on any atom is 0.236 e. The molecule has 8 nitrogen and oxygen atoms in total. The van der Waals surface area contributed by atoms with Crippen LogP contribution in [-0.4, -0.2) is 29.5 Å². The molecular formula is C100H55ClN6O2S2. The predicted molar refractivity (Wildman–Crippen MR) is 470 cm³/mol. The van der Waals surface area contributed by atoms with Crippen LogP contribution >= 0.6 is 34.3 Å². The van der Waals surface area contributed by atoms with Crippen LogP contribution in [-0.2, 0) is 0 Å². The van der Waals surface area contributed by atoms with Crippen LogP contribution in [0, 0.1) is 0 Å². The van der Waals surface area contributed by atoms with Crippen LogP contribution in [0.25, 0.3) is 243 Å². The highest BCUT2D eigenvalue weighted by Crippen LogP contribution is 2.49. The van der Waals surface area contributed by atoms with Crippen LogP contribution in [0.5, 0.6) is 0 Å². The number of hydrogen-bond acceptors (Lipinski definition) is 8. The van der Waals surface area contributed by atoms with E-state index >= 15 is 0 Å². The van der Waals surface area contributed by atoms with E-state index in [1.54, 1.807) is 22.7 Å². The third kappa shape index (κ3) is 9.33. The van der Waals surface area contributed by atoms with E-state index in [0.29, 0.717) is 17.1 Å². The van der Waals surface area contributed by atoms with Crippen molar-refractivity contribution in [2.24, 2.45) is 0 Å². The minimum atomic E-state index is 0.224. The maximum atomic E-state index is 6.68. The number of furan rings is 2. The molecule has 0 aliphatic rings. The number of aromatic nitrogens is 6. The molecule has 0 aliphatic heterocycles. The fourth-order valence-electron chi connectivity index (χ4n) is 18.0. The van der Waals surface area contributed by atoms with Crippen LogP contribution in [0.2, 0.25) is 5.28 Å². The van der Waals surface area contributed by atoms with E-state index in [1.165, 1.54) is 159 Å². The summed E-state index contributed by atoms with van der Waals surface area (Å²) in [6.07, 6.45) is 0. The van der Waals surface area contributed by atoms with Gasteiger partial charge in [0.1, 0.15) is 33.6 Å². The van der Waals surface area contributed by atoms with E-state index < -0.39 is 0 Å². The average Bonchev–Trinajstić information content (AvgIpc) is 1.52. The summed E-state index contributed by atoms with van der Waals surface area (Å²) in [5.74, 6) is 0.617. The summed E-state index contributed by atoms with van der Waals surface area (Å²) in [4.78, 5) is 23.7. The average molecular weight is 1470 g/mol. The monoisotopic (exact) mass is 1470 g/mol. The molecule has 0 unspecified atom stereocenters. The Kier molecular flexibility index (Phi) is 13.5. The van der Waals surface area contributed by atoms with Crippen molar-refractivity contribution in [3.8, 4) is 28.5 Å². The molecule has 516 valence electrons. The van der Waals surface area contributed by atoms with Gasteiger partial charge in [0.05, 0.1) is 11.0 Å². The summed E-state index contributed by atoms with van der Waals surface area (Å²) in [6.45, 7) is 0. The van der Waals surface area contributed by atoms with Crippen molar-refractivity contribution in [3.05, 3.63) is 333 Å². The van der Waals surface area contributed by atoms with Gasteiger partial charge in [-0.15, -0.1) is 22.7 Å². The second kappa shape index (κ2) is 24.1. The van der Waals surface area contributed by atoms with Gasteiger partial charge >= 0.3 is 0 Å². The molecule has 111 heavy (non-hydrogen) atoms. The fraction of sp³-hybridized carbons (Fsp3) is 0. The number of hydrogen-bond donors (Lipinski definition) is 1. The summed E-state index contributed by atoms with van der Waals surface area (Å²) in [5, 5.41) is 32.4. The van der Waals surface area contributed by atoms with E-state index in [4.69, 9.17) is 30.4 Å². The first kappa shape index (κ1) is 62.2. The summed E-state index contributed by atoms with van der Waals surface area (Å²) < 4.78 is 20.0. The number of nitrogens with one attached hydrogen (secondary N) is 1. The van der Waals surface area contributed by atoms with Gasteiger partial charge in [-0.3, -0.25) is 4.57 Å². The van der Waals surface area contributed by atoms with Crippen LogP contribution in [0.4, 0.5) is 0 Å². The number of halogens is 1. The van der Waals surface area contributed by atoms with Crippen molar-refractivity contribution in [2.45, 2.75) is 0 Å². The Morgan fingerprint density at radius 1 is 0.279 bits per heavy atom. The molecule has 18 aromatic carbocycles. The summed E-state index contributed by atoms with van der Waals surface area (Å²) in [7, 11) is 0. The molecule has 8 aromatic heterocycles. The van der Waals surface area contributed by atoms with E-state index in [1.807, 2.05) is 36.4 Å². The largest absolute Gasteiger partial charge is 0.452 e. The molecule has 0 amide bonds. The van der Waals surface area contributed by atoms with Crippen molar-refractivity contribution < 1.29 is 8.83 Å². The molecular weight excluding hydrogens is 1420 g/mol. The minimum Gasteiger partial charge on any atom is -0.452 e. The first-order valence-corrected chi connectivity index (χ1v) is 39.2. The van der Waals surface area contributed by atoms with Crippen LogP contribution < -0.4 is 0 Å². The first-order chi connectivity index (χ1) is 55.0. The standard InChI is InChI=1S/C50H27N3OS.C28H17N.C22H11ClN2OS/c1-2-13-29-27-41-39(26-28(29)12-1)45-40(25-24-35-32-16-4-3-14-30(32)31-15-5-6-18-34(31)44(35)45)53(41)50-51-46-37-19-7-9-22-42(37)54-48(46)47(52-50)38-21-11-20-36-33-17-8-10-23-43(33)55-49(36)38;1-2-8-18-16-26-24(15-17(18)7-1)28-25(29-26)14-13-23-21-11-4-3-9-19(21)20-10-5-6-12-22(20)27(23)28;23-22-24-18-14-7-1-3-10-16(14)26-20(18)19(25-22)15-9-5-8-13-12-6-2-4-11-17(12)27-21(13)15/h1-27H;1-16,29H;1-11H. The van der Waals surface area contributed by atoms with Gasteiger partial charge in [-0.2, -0.15) is 0 Å². The molecule has 8 heterocycles. The molecule has 0 atom stereocenters. The molecule has 0 radical (unpaired) electrons. The van der Waals surface area contributed by atoms with E-state index in [0.717, 1.165) is 66.5 Å². The molecule has 0 saturated carbocycles.